The van der Waals surface area contributed by atoms with Crippen LogP contribution in [0.5, 0.6) is 5.75 Å². The third-order valence-electron chi connectivity index (χ3n) is 4.48. The van der Waals surface area contributed by atoms with E-state index in [1.54, 1.807) is 66.1 Å². The summed E-state index contributed by atoms with van der Waals surface area (Å²) in [6.45, 7) is 2.03. The molecule has 6 nitrogen and oxygen atoms in total. The van der Waals surface area contributed by atoms with Crippen LogP contribution in [0.15, 0.2) is 66.9 Å². The van der Waals surface area contributed by atoms with Gasteiger partial charge in [-0.25, -0.2) is 4.79 Å². The summed E-state index contributed by atoms with van der Waals surface area (Å²) in [5, 5.41) is 8.36. The molecule has 0 aliphatic heterocycles. The topological polar surface area (TPSA) is 65.7 Å². The van der Waals surface area contributed by atoms with Gasteiger partial charge < -0.3 is 9.47 Å². The van der Waals surface area contributed by atoms with E-state index in [9.17, 15) is 18.0 Å². The van der Waals surface area contributed by atoms with Crippen molar-refractivity contribution >= 4 is 11.6 Å². The average molecular weight is 427 g/mol. The van der Waals surface area contributed by atoms with E-state index in [0.29, 0.717) is 29.2 Å². The van der Waals surface area contributed by atoms with Crippen molar-refractivity contribution in [1.82, 2.24) is 14.6 Å². The number of nitrogens with zero attached hydrogens (tertiary/aromatic N) is 3. The second-order valence-electron chi connectivity index (χ2n) is 6.54. The Morgan fingerprint density at radius 2 is 1.55 bits per heavy atom. The lowest BCUT2D eigenvalue weighted by atomic mass is 10.1. The number of carbonyl (C=O) groups excluding carboxylic acids is 1. The third-order valence-corrected chi connectivity index (χ3v) is 4.48. The summed E-state index contributed by atoms with van der Waals surface area (Å²) in [5.74, 6) is -0.131. The number of aromatic nitrogens is 3. The van der Waals surface area contributed by atoms with Gasteiger partial charge in [-0.05, 0) is 54.4 Å². The number of fused-ring (bicyclic) bond motifs is 1. The Morgan fingerprint density at radius 3 is 2.19 bits per heavy atom. The first-order valence-corrected chi connectivity index (χ1v) is 9.32. The highest BCUT2D eigenvalue weighted by atomic mass is 19.4. The molecule has 0 aliphatic carbocycles. The van der Waals surface area contributed by atoms with Gasteiger partial charge in [-0.15, -0.1) is 23.4 Å². The van der Waals surface area contributed by atoms with Gasteiger partial charge in [0, 0.05) is 11.8 Å². The third kappa shape index (κ3) is 4.50. The monoisotopic (exact) mass is 427 g/mol. The van der Waals surface area contributed by atoms with Crippen LogP contribution in [0.3, 0.4) is 0 Å². The number of rotatable bonds is 5. The largest absolute Gasteiger partial charge is 0.573 e. The summed E-state index contributed by atoms with van der Waals surface area (Å²) in [5.41, 5.74) is 3.24. The molecule has 0 radical (unpaired) electrons. The minimum Gasteiger partial charge on any atom is -0.462 e. The van der Waals surface area contributed by atoms with E-state index in [2.05, 4.69) is 14.9 Å². The van der Waals surface area contributed by atoms with Crippen LogP contribution in [0.2, 0.25) is 0 Å². The molecule has 0 saturated carbocycles. The van der Waals surface area contributed by atoms with E-state index in [1.165, 1.54) is 12.1 Å². The number of hydrogen-bond acceptors (Lipinski definition) is 5. The Bertz CT molecular complexity index is 1220. The van der Waals surface area contributed by atoms with Crippen LogP contribution in [0.1, 0.15) is 17.3 Å². The highest BCUT2D eigenvalue weighted by molar-refractivity contribution is 5.90. The van der Waals surface area contributed by atoms with Crippen molar-refractivity contribution in [3.05, 3.63) is 72.4 Å². The van der Waals surface area contributed by atoms with Gasteiger partial charge in [-0.2, -0.15) is 0 Å². The molecule has 0 spiro atoms. The van der Waals surface area contributed by atoms with Crippen LogP contribution in [0, 0.1) is 0 Å². The number of esters is 1. The molecule has 0 amide bonds. The molecule has 4 aromatic rings. The molecular formula is C22H16F3N3O3. The maximum absolute atomic E-state index is 12.4. The quantitative estimate of drug-likeness (QED) is 0.413. The van der Waals surface area contributed by atoms with Crippen molar-refractivity contribution in [3.8, 4) is 28.3 Å². The minimum atomic E-state index is -4.74. The Morgan fingerprint density at radius 1 is 0.903 bits per heavy atom. The van der Waals surface area contributed by atoms with Gasteiger partial charge >= 0.3 is 12.3 Å². The molecular weight excluding hydrogens is 411 g/mol. The highest BCUT2D eigenvalue weighted by Gasteiger charge is 2.31. The number of ether oxygens (including phenoxy) is 2. The molecule has 4 rings (SSSR count). The number of pyridine rings is 1. The fourth-order valence-corrected chi connectivity index (χ4v) is 3.08. The van der Waals surface area contributed by atoms with Gasteiger partial charge in [-0.3, -0.25) is 4.40 Å². The molecule has 0 atom stereocenters. The lowest BCUT2D eigenvalue weighted by Gasteiger charge is -2.10. The first-order valence-electron chi connectivity index (χ1n) is 9.32. The van der Waals surface area contributed by atoms with Crippen molar-refractivity contribution in [2.75, 3.05) is 6.61 Å². The SMILES string of the molecule is CCOC(=O)c1ccc(-c2nnc3ccc(-c4ccc(OC(F)(F)F)cc4)cn23)cc1. The Hall–Kier alpha value is -3.88. The fraction of sp³-hybridized carbons (Fsp3) is 0.136. The predicted molar refractivity (Wildman–Crippen MR) is 106 cm³/mol. The van der Waals surface area contributed by atoms with E-state index < -0.39 is 12.3 Å². The molecule has 0 fully saturated rings. The van der Waals surface area contributed by atoms with Gasteiger partial charge in [0.2, 0.25) is 0 Å². The zero-order chi connectivity index (χ0) is 22.0. The Balaban J connectivity index is 1.64. The maximum atomic E-state index is 12.4. The Labute approximate surface area is 174 Å². The lowest BCUT2D eigenvalue weighted by molar-refractivity contribution is -0.274. The number of benzene rings is 2. The first kappa shape index (κ1) is 20.4. The zero-order valence-electron chi connectivity index (χ0n) is 16.3. The molecule has 0 bridgehead atoms. The molecule has 9 heteroatoms. The zero-order valence-corrected chi connectivity index (χ0v) is 16.3. The van der Waals surface area contributed by atoms with Crippen molar-refractivity contribution in [3.63, 3.8) is 0 Å². The highest BCUT2D eigenvalue weighted by Crippen LogP contribution is 2.28. The molecule has 0 aliphatic rings. The van der Waals surface area contributed by atoms with Crippen molar-refractivity contribution in [1.29, 1.82) is 0 Å². The molecule has 2 aromatic heterocycles. The van der Waals surface area contributed by atoms with Crippen LogP contribution >= 0.6 is 0 Å². The van der Waals surface area contributed by atoms with E-state index in [0.717, 1.165) is 11.1 Å². The summed E-state index contributed by atoms with van der Waals surface area (Å²) in [7, 11) is 0. The molecule has 31 heavy (non-hydrogen) atoms. The van der Waals surface area contributed by atoms with Gasteiger partial charge in [-0.1, -0.05) is 24.3 Å². The first-order chi connectivity index (χ1) is 14.8. The number of carbonyl (C=O) groups is 1. The molecule has 0 saturated heterocycles. The summed E-state index contributed by atoms with van der Waals surface area (Å²) in [6.07, 6.45) is -2.94. The molecule has 158 valence electrons. The van der Waals surface area contributed by atoms with Gasteiger partial charge in [0.15, 0.2) is 11.5 Å². The summed E-state index contributed by atoms with van der Waals surface area (Å²) in [4.78, 5) is 11.8. The van der Waals surface area contributed by atoms with E-state index in [4.69, 9.17) is 4.74 Å². The van der Waals surface area contributed by atoms with Gasteiger partial charge in [0.1, 0.15) is 5.75 Å². The second kappa shape index (κ2) is 8.10. The molecule has 2 aromatic carbocycles. The average Bonchev–Trinajstić information content (AvgIpc) is 3.17. The smallest absolute Gasteiger partial charge is 0.462 e. The minimum absolute atomic E-state index is 0.288. The van der Waals surface area contributed by atoms with Gasteiger partial charge in [0.05, 0.1) is 12.2 Å². The van der Waals surface area contributed by atoms with E-state index >= 15 is 0 Å². The molecule has 0 N–H and O–H groups in total. The maximum Gasteiger partial charge on any atom is 0.573 e. The van der Waals surface area contributed by atoms with Crippen LogP contribution in [0.4, 0.5) is 13.2 Å². The van der Waals surface area contributed by atoms with Crippen molar-refractivity contribution < 1.29 is 27.4 Å². The van der Waals surface area contributed by atoms with Crippen LogP contribution in [0.25, 0.3) is 28.2 Å². The van der Waals surface area contributed by atoms with Crippen LogP contribution < -0.4 is 4.74 Å². The van der Waals surface area contributed by atoms with Crippen LogP contribution in [-0.4, -0.2) is 33.5 Å². The summed E-state index contributed by atoms with van der Waals surface area (Å²) < 4.78 is 47.7. The number of alkyl halides is 3. The van der Waals surface area contributed by atoms with E-state index in [1.807, 2.05) is 0 Å². The van der Waals surface area contributed by atoms with Crippen molar-refractivity contribution in [2.45, 2.75) is 13.3 Å². The van der Waals surface area contributed by atoms with Crippen LogP contribution in [-0.2, 0) is 4.74 Å². The Kier molecular flexibility index (Phi) is 5.33. The molecule has 0 unspecified atom stereocenters. The van der Waals surface area contributed by atoms with Gasteiger partial charge in [0.25, 0.3) is 0 Å². The lowest BCUT2D eigenvalue weighted by Crippen LogP contribution is -2.16. The predicted octanol–water partition coefficient (Wildman–Crippen LogP) is 5.14. The molecule has 2 heterocycles. The second-order valence-corrected chi connectivity index (χ2v) is 6.54. The summed E-state index contributed by atoms with van der Waals surface area (Å²) in [6, 6.07) is 16.0. The number of hydrogen-bond donors (Lipinski definition) is 0. The van der Waals surface area contributed by atoms with E-state index in [-0.39, 0.29) is 5.75 Å². The number of halogens is 3. The fourth-order valence-electron chi connectivity index (χ4n) is 3.08. The normalized spacial score (nSPS) is 11.5. The standard InChI is InChI=1S/C22H16F3N3O3/c1-2-30-21(29)16-5-3-15(4-6-16)20-27-26-19-12-9-17(13-28(19)20)14-7-10-18(11-8-14)31-22(23,24)25/h3-13H,2H2,1H3. The van der Waals surface area contributed by atoms with Crippen molar-refractivity contribution in [2.24, 2.45) is 0 Å². The summed E-state index contributed by atoms with van der Waals surface area (Å²) >= 11 is 0.